The van der Waals surface area contributed by atoms with Crippen molar-refractivity contribution in [3.63, 3.8) is 0 Å². The summed E-state index contributed by atoms with van der Waals surface area (Å²) in [7, 11) is 0. The van der Waals surface area contributed by atoms with Crippen LogP contribution in [0.3, 0.4) is 0 Å². The van der Waals surface area contributed by atoms with Crippen LogP contribution in [0.2, 0.25) is 0 Å². The van der Waals surface area contributed by atoms with Crippen molar-refractivity contribution in [3.05, 3.63) is 82.4 Å². The number of hydrogen-bond donors (Lipinski definition) is 3. The highest BCUT2D eigenvalue weighted by Gasteiger charge is 2.20. The molecule has 3 heterocycles. The van der Waals surface area contributed by atoms with Crippen molar-refractivity contribution in [1.29, 1.82) is 0 Å². The normalized spacial score (nSPS) is 11.4. The van der Waals surface area contributed by atoms with Gasteiger partial charge >= 0.3 is 0 Å². The number of aromatic nitrogens is 6. The van der Waals surface area contributed by atoms with Gasteiger partial charge in [-0.05, 0) is 30.2 Å². The van der Waals surface area contributed by atoms with E-state index in [0.29, 0.717) is 43.9 Å². The Balaban J connectivity index is 1.80. The van der Waals surface area contributed by atoms with Crippen LogP contribution in [0.25, 0.3) is 27.8 Å². The summed E-state index contributed by atoms with van der Waals surface area (Å²) in [4.78, 5) is 26.9. The molecular formula is C22H20N7O3+. The minimum Gasteiger partial charge on any atom is -0.392 e. The number of aliphatic hydroxyl groups excluding tert-OH is 1. The molecule has 5 aromatic rings. The molecule has 160 valence electrons. The minimum absolute atomic E-state index is 0.0594. The van der Waals surface area contributed by atoms with E-state index in [9.17, 15) is 15.1 Å². The SMILES string of the molecule is Cc1ccccc1-n1c(Cn2cnc3c(N)[n+](O)cnc32)nc2cccc(CO)c2c1=O. The molecule has 0 atom stereocenters. The summed E-state index contributed by atoms with van der Waals surface area (Å²) in [6, 6.07) is 12.8. The van der Waals surface area contributed by atoms with E-state index in [-0.39, 0.29) is 24.5 Å². The van der Waals surface area contributed by atoms with Gasteiger partial charge in [-0.2, -0.15) is 0 Å². The third kappa shape index (κ3) is 2.96. The van der Waals surface area contributed by atoms with Gasteiger partial charge in [-0.1, -0.05) is 40.0 Å². The molecule has 0 aliphatic rings. The molecule has 0 aliphatic carbocycles. The molecule has 10 nitrogen and oxygen atoms in total. The Bertz CT molecular complexity index is 1560. The van der Waals surface area contributed by atoms with Gasteiger partial charge in [0.2, 0.25) is 11.2 Å². The number of hydrogen-bond acceptors (Lipinski definition) is 7. The summed E-state index contributed by atoms with van der Waals surface area (Å²) in [6.45, 7) is 1.84. The molecule has 10 heteroatoms. The number of nitrogen functional groups attached to an aromatic ring is 1. The monoisotopic (exact) mass is 430 g/mol. The molecule has 3 aromatic heterocycles. The maximum absolute atomic E-state index is 13.7. The summed E-state index contributed by atoms with van der Waals surface area (Å²) in [6.07, 6.45) is 2.72. The predicted octanol–water partition coefficient (Wildman–Crippen LogP) is 1.09. The molecule has 0 spiro atoms. The van der Waals surface area contributed by atoms with Crippen LogP contribution in [0.4, 0.5) is 5.82 Å². The lowest BCUT2D eigenvalue weighted by Gasteiger charge is -2.16. The fraction of sp³-hybridized carbons (Fsp3) is 0.136. The smallest absolute Gasteiger partial charge is 0.289 e. The van der Waals surface area contributed by atoms with Crippen LogP contribution >= 0.6 is 0 Å². The molecule has 0 amide bonds. The molecule has 0 saturated carbocycles. The van der Waals surface area contributed by atoms with E-state index in [1.54, 1.807) is 27.3 Å². The maximum Gasteiger partial charge on any atom is 0.289 e. The maximum atomic E-state index is 13.7. The van der Waals surface area contributed by atoms with Crippen molar-refractivity contribution >= 4 is 27.9 Å². The standard InChI is InChI=1S/C22H19N7O3/c1-13-5-2-3-8-16(13)29-17(26-15-7-4-6-14(10-30)18(15)22(29)31)9-27-11-24-19-20(23)28(32)12-25-21(19)27/h2-8,11-12,23,30,32H,9-10H2,1H3/p+1. The van der Waals surface area contributed by atoms with Gasteiger partial charge in [0.15, 0.2) is 0 Å². The third-order valence-corrected chi connectivity index (χ3v) is 5.48. The van der Waals surface area contributed by atoms with E-state index in [4.69, 9.17) is 10.7 Å². The Labute approximate surface area is 181 Å². The summed E-state index contributed by atoms with van der Waals surface area (Å²) in [5, 5.41) is 19.9. The minimum atomic E-state index is -0.269. The third-order valence-electron chi connectivity index (χ3n) is 5.48. The number of aryl methyl sites for hydroxylation is 1. The summed E-state index contributed by atoms with van der Waals surface area (Å²) in [5.74, 6) is 0.524. The zero-order valence-corrected chi connectivity index (χ0v) is 17.2. The number of nitrogens with zero attached hydrogens (tertiary/aromatic N) is 6. The number of imidazole rings is 1. The van der Waals surface area contributed by atoms with Crippen LogP contribution in [0, 0.1) is 6.92 Å². The predicted molar refractivity (Wildman–Crippen MR) is 116 cm³/mol. The summed E-state index contributed by atoms with van der Waals surface area (Å²) in [5.41, 5.74) is 9.02. The van der Waals surface area contributed by atoms with Crippen molar-refractivity contribution in [3.8, 4) is 5.69 Å². The van der Waals surface area contributed by atoms with Crippen LogP contribution in [0.5, 0.6) is 0 Å². The Morgan fingerprint density at radius 2 is 1.94 bits per heavy atom. The number of rotatable bonds is 4. The number of para-hydroxylation sites is 1. The quantitative estimate of drug-likeness (QED) is 0.287. The average molecular weight is 430 g/mol. The molecule has 0 saturated heterocycles. The van der Waals surface area contributed by atoms with Crippen LogP contribution in [0.15, 0.2) is 59.9 Å². The highest BCUT2D eigenvalue weighted by atomic mass is 16.5. The first-order valence-corrected chi connectivity index (χ1v) is 9.90. The lowest BCUT2D eigenvalue weighted by molar-refractivity contribution is -0.894. The number of anilines is 1. The van der Waals surface area contributed by atoms with Gasteiger partial charge in [-0.15, -0.1) is 0 Å². The molecular weight excluding hydrogens is 410 g/mol. The molecule has 0 radical (unpaired) electrons. The average Bonchev–Trinajstić information content (AvgIpc) is 3.20. The second kappa shape index (κ2) is 7.43. The van der Waals surface area contributed by atoms with E-state index in [2.05, 4.69) is 9.97 Å². The number of benzene rings is 2. The fourth-order valence-corrected chi connectivity index (χ4v) is 3.89. The van der Waals surface area contributed by atoms with Gasteiger partial charge in [-0.3, -0.25) is 13.9 Å². The van der Waals surface area contributed by atoms with Crippen molar-refractivity contribution in [2.24, 2.45) is 0 Å². The lowest BCUT2D eigenvalue weighted by Crippen LogP contribution is -2.34. The lowest BCUT2D eigenvalue weighted by atomic mass is 10.1. The fourth-order valence-electron chi connectivity index (χ4n) is 3.89. The Kier molecular flexibility index (Phi) is 4.56. The summed E-state index contributed by atoms with van der Waals surface area (Å²) < 4.78 is 3.97. The van der Waals surface area contributed by atoms with Gasteiger partial charge in [0.05, 0.1) is 36.1 Å². The van der Waals surface area contributed by atoms with Crippen LogP contribution in [-0.2, 0) is 13.2 Å². The van der Waals surface area contributed by atoms with Gasteiger partial charge in [0.1, 0.15) is 5.82 Å². The van der Waals surface area contributed by atoms with Gasteiger partial charge in [0, 0.05) is 0 Å². The van der Waals surface area contributed by atoms with Gasteiger partial charge in [0.25, 0.3) is 17.7 Å². The summed E-state index contributed by atoms with van der Waals surface area (Å²) >= 11 is 0. The largest absolute Gasteiger partial charge is 0.392 e. The molecule has 5 rings (SSSR count). The molecule has 0 aliphatic heterocycles. The molecule has 0 unspecified atom stereocenters. The first-order valence-electron chi connectivity index (χ1n) is 9.90. The van der Waals surface area contributed by atoms with Crippen molar-refractivity contribution < 1.29 is 15.0 Å². The number of aliphatic hydroxyl groups is 1. The zero-order chi connectivity index (χ0) is 22.4. The first kappa shape index (κ1) is 19.6. The molecule has 4 N–H and O–H groups in total. The second-order valence-electron chi connectivity index (χ2n) is 7.44. The topological polar surface area (TPSA) is 136 Å². The highest BCUT2D eigenvalue weighted by molar-refractivity contribution is 5.82. The van der Waals surface area contributed by atoms with E-state index in [1.165, 1.54) is 12.7 Å². The van der Waals surface area contributed by atoms with Crippen molar-refractivity contribution in [2.45, 2.75) is 20.1 Å². The van der Waals surface area contributed by atoms with Gasteiger partial charge in [-0.25, -0.2) is 9.97 Å². The molecule has 0 bridgehead atoms. The first-order chi connectivity index (χ1) is 15.5. The van der Waals surface area contributed by atoms with Crippen molar-refractivity contribution in [2.75, 3.05) is 5.73 Å². The molecule has 0 fully saturated rings. The Morgan fingerprint density at radius 1 is 1.12 bits per heavy atom. The number of nitrogens with two attached hydrogens (primary N) is 1. The van der Waals surface area contributed by atoms with E-state index in [0.717, 1.165) is 5.56 Å². The second-order valence-corrected chi connectivity index (χ2v) is 7.44. The van der Waals surface area contributed by atoms with Crippen molar-refractivity contribution in [1.82, 2.24) is 24.1 Å². The van der Waals surface area contributed by atoms with E-state index in [1.807, 2.05) is 31.2 Å². The Hall–Kier alpha value is -4.31. The number of fused-ring (bicyclic) bond motifs is 2. The van der Waals surface area contributed by atoms with Crippen LogP contribution in [0.1, 0.15) is 17.0 Å². The Morgan fingerprint density at radius 3 is 2.72 bits per heavy atom. The molecule has 32 heavy (non-hydrogen) atoms. The van der Waals surface area contributed by atoms with Crippen LogP contribution in [-0.4, -0.2) is 34.4 Å². The van der Waals surface area contributed by atoms with Crippen LogP contribution < -0.4 is 16.0 Å². The highest BCUT2D eigenvalue weighted by Crippen LogP contribution is 2.21. The zero-order valence-electron chi connectivity index (χ0n) is 17.2. The van der Waals surface area contributed by atoms with Gasteiger partial charge < -0.3 is 16.0 Å². The van der Waals surface area contributed by atoms with E-state index >= 15 is 0 Å². The van der Waals surface area contributed by atoms with E-state index < -0.39 is 0 Å². The molecule has 2 aromatic carbocycles.